The van der Waals surface area contributed by atoms with E-state index in [1.165, 1.54) is 6.92 Å². The number of esters is 1. The van der Waals surface area contributed by atoms with Crippen molar-refractivity contribution in [2.45, 2.75) is 39.7 Å². The summed E-state index contributed by atoms with van der Waals surface area (Å²) in [5, 5.41) is 6.94. The van der Waals surface area contributed by atoms with Crippen LogP contribution in [-0.4, -0.2) is 23.1 Å². The molecular formula is C17H19ClN2O4. The van der Waals surface area contributed by atoms with Crippen molar-refractivity contribution in [3.63, 3.8) is 0 Å². The molecule has 0 spiro atoms. The van der Waals surface area contributed by atoms with Crippen LogP contribution in [-0.2, 0) is 9.53 Å². The number of nitrogens with zero attached hydrogens (tertiary/aromatic N) is 1. The maximum absolute atomic E-state index is 12.3. The number of hydrogen-bond donors (Lipinski definition) is 1. The Hall–Kier alpha value is -2.34. The molecule has 0 unspecified atom stereocenters. The molecule has 128 valence electrons. The Kier molecular flexibility index (Phi) is 5.62. The van der Waals surface area contributed by atoms with E-state index in [1.807, 2.05) is 13.8 Å². The molecule has 0 saturated carbocycles. The molecule has 1 aromatic carbocycles. The number of anilines is 1. The van der Waals surface area contributed by atoms with Crippen LogP contribution >= 0.6 is 11.6 Å². The molecule has 2 rings (SSSR count). The number of carbonyl (C=O) groups is 2. The maximum atomic E-state index is 12.3. The Bertz CT molecular complexity index is 755. The molecule has 0 radical (unpaired) electrons. The Balaban J connectivity index is 2.06. The van der Waals surface area contributed by atoms with E-state index in [2.05, 4.69) is 10.5 Å². The smallest absolute Gasteiger partial charge is 0.344 e. The second kappa shape index (κ2) is 7.49. The van der Waals surface area contributed by atoms with Crippen LogP contribution in [0, 0.1) is 6.92 Å². The van der Waals surface area contributed by atoms with E-state index < -0.39 is 18.0 Å². The molecule has 1 aromatic heterocycles. The Morgan fingerprint density at radius 2 is 2.00 bits per heavy atom. The van der Waals surface area contributed by atoms with Gasteiger partial charge in [0.15, 0.2) is 11.9 Å². The molecule has 2 aromatic rings. The van der Waals surface area contributed by atoms with Gasteiger partial charge in [0.2, 0.25) is 0 Å². The van der Waals surface area contributed by atoms with Gasteiger partial charge in [0.1, 0.15) is 5.56 Å². The predicted octanol–water partition coefficient (Wildman–Crippen LogP) is 3.94. The summed E-state index contributed by atoms with van der Waals surface area (Å²) in [5.74, 6) is -0.665. The first-order valence-corrected chi connectivity index (χ1v) is 7.91. The minimum Gasteiger partial charge on any atom is -0.449 e. The van der Waals surface area contributed by atoms with Gasteiger partial charge < -0.3 is 14.6 Å². The van der Waals surface area contributed by atoms with Gasteiger partial charge in [0, 0.05) is 16.6 Å². The van der Waals surface area contributed by atoms with Crippen molar-refractivity contribution in [3.05, 3.63) is 46.3 Å². The third-order valence-corrected chi connectivity index (χ3v) is 3.60. The van der Waals surface area contributed by atoms with E-state index in [4.69, 9.17) is 20.9 Å². The number of nitrogens with one attached hydrogen (secondary N) is 1. The molecule has 1 amide bonds. The zero-order valence-electron chi connectivity index (χ0n) is 13.9. The number of carbonyl (C=O) groups excluding carboxylic acids is 2. The zero-order chi connectivity index (χ0) is 17.9. The number of hydrogen-bond acceptors (Lipinski definition) is 5. The topological polar surface area (TPSA) is 81.4 Å². The lowest BCUT2D eigenvalue weighted by atomic mass is 10.1. The van der Waals surface area contributed by atoms with Crippen molar-refractivity contribution in [1.82, 2.24) is 5.16 Å². The summed E-state index contributed by atoms with van der Waals surface area (Å²) < 4.78 is 10.4. The summed E-state index contributed by atoms with van der Waals surface area (Å²) in [6, 6.07) is 6.71. The molecule has 1 heterocycles. The fraction of sp³-hybridized carbons (Fsp3) is 0.353. The lowest BCUT2D eigenvalue weighted by molar-refractivity contribution is -0.123. The first-order valence-electron chi connectivity index (χ1n) is 7.53. The van der Waals surface area contributed by atoms with Gasteiger partial charge >= 0.3 is 5.97 Å². The molecule has 0 bridgehead atoms. The van der Waals surface area contributed by atoms with Gasteiger partial charge in [-0.05, 0) is 32.0 Å². The minimum absolute atomic E-state index is 0.0238. The van der Waals surface area contributed by atoms with Gasteiger partial charge in [-0.2, -0.15) is 0 Å². The third-order valence-electron chi connectivity index (χ3n) is 3.36. The quantitative estimate of drug-likeness (QED) is 0.826. The normalized spacial score (nSPS) is 12.1. The SMILES string of the molecule is Cc1noc(C(C)C)c1C(=O)O[C@H](C)C(=O)Nc1cccc(Cl)c1. The summed E-state index contributed by atoms with van der Waals surface area (Å²) in [6.45, 7) is 6.91. The predicted molar refractivity (Wildman–Crippen MR) is 90.3 cm³/mol. The summed E-state index contributed by atoms with van der Waals surface area (Å²) in [5.41, 5.74) is 1.23. The van der Waals surface area contributed by atoms with Gasteiger partial charge in [0.25, 0.3) is 5.91 Å². The van der Waals surface area contributed by atoms with Crippen LogP contribution in [0.4, 0.5) is 5.69 Å². The minimum atomic E-state index is -0.981. The molecule has 0 aliphatic rings. The van der Waals surface area contributed by atoms with Crippen molar-refractivity contribution < 1.29 is 18.8 Å². The second-order valence-electron chi connectivity index (χ2n) is 5.71. The second-order valence-corrected chi connectivity index (χ2v) is 6.15. The van der Waals surface area contributed by atoms with E-state index in [1.54, 1.807) is 31.2 Å². The van der Waals surface area contributed by atoms with Crippen molar-refractivity contribution in [1.29, 1.82) is 0 Å². The van der Waals surface area contributed by atoms with Gasteiger partial charge in [-0.3, -0.25) is 4.79 Å². The van der Waals surface area contributed by atoms with Crippen LogP contribution in [0.3, 0.4) is 0 Å². The van der Waals surface area contributed by atoms with Crippen molar-refractivity contribution >= 4 is 29.2 Å². The monoisotopic (exact) mass is 350 g/mol. The average molecular weight is 351 g/mol. The summed E-state index contributed by atoms with van der Waals surface area (Å²) in [7, 11) is 0. The average Bonchev–Trinajstić information content (AvgIpc) is 2.89. The van der Waals surface area contributed by atoms with Crippen LogP contribution in [0.5, 0.6) is 0 Å². The van der Waals surface area contributed by atoms with Gasteiger partial charge in [-0.15, -0.1) is 0 Å². The van der Waals surface area contributed by atoms with E-state index in [9.17, 15) is 9.59 Å². The highest BCUT2D eigenvalue weighted by molar-refractivity contribution is 6.30. The van der Waals surface area contributed by atoms with Crippen LogP contribution in [0.1, 0.15) is 48.5 Å². The lowest BCUT2D eigenvalue weighted by Crippen LogP contribution is -2.30. The third kappa shape index (κ3) is 4.14. The van der Waals surface area contributed by atoms with Crippen LogP contribution in [0.25, 0.3) is 0 Å². The fourth-order valence-electron chi connectivity index (χ4n) is 2.11. The molecule has 0 aliphatic carbocycles. The molecule has 0 fully saturated rings. The molecule has 24 heavy (non-hydrogen) atoms. The molecular weight excluding hydrogens is 332 g/mol. The number of rotatable bonds is 5. The Labute approximate surface area is 145 Å². The van der Waals surface area contributed by atoms with Crippen molar-refractivity contribution in [2.75, 3.05) is 5.32 Å². The first-order chi connectivity index (χ1) is 11.3. The van der Waals surface area contributed by atoms with Crippen LogP contribution < -0.4 is 5.32 Å². The highest BCUT2D eigenvalue weighted by Gasteiger charge is 2.27. The zero-order valence-corrected chi connectivity index (χ0v) is 14.7. The highest BCUT2D eigenvalue weighted by Crippen LogP contribution is 2.23. The first kappa shape index (κ1) is 18.0. The highest BCUT2D eigenvalue weighted by atomic mass is 35.5. The van der Waals surface area contributed by atoms with Crippen LogP contribution in [0.15, 0.2) is 28.8 Å². The number of halogens is 1. The molecule has 6 nitrogen and oxygen atoms in total. The van der Waals surface area contributed by atoms with Gasteiger partial charge in [0.05, 0.1) is 5.69 Å². The Morgan fingerprint density at radius 3 is 2.62 bits per heavy atom. The van der Waals surface area contributed by atoms with E-state index in [-0.39, 0.29) is 11.5 Å². The largest absolute Gasteiger partial charge is 0.449 e. The molecule has 0 aliphatic heterocycles. The van der Waals surface area contributed by atoms with Crippen molar-refractivity contribution in [2.24, 2.45) is 0 Å². The van der Waals surface area contributed by atoms with Crippen molar-refractivity contribution in [3.8, 4) is 0 Å². The van der Waals surface area contributed by atoms with Crippen LogP contribution in [0.2, 0.25) is 5.02 Å². The van der Waals surface area contributed by atoms with E-state index in [0.717, 1.165) is 0 Å². The summed E-state index contributed by atoms with van der Waals surface area (Å²) in [4.78, 5) is 24.5. The fourth-order valence-corrected chi connectivity index (χ4v) is 2.30. The lowest BCUT2D eigenvalue weighted by Gasteiger charge is -2.14. The number of aryl methyl sites for hydroxylation is 1. The standard InChI is InChI=1S/C17H19ClN2O4/c1-9(2)15-14(10(3)20-24-15)17(22)23-11(4)16(21)19-13-7-5-6-12(18)8-13/h5-9,11H,1-4H3,(H,19,21)/t11-/m1/s1. The molecule has 0 saturated heterocycles. The number of aromatic nitrogens is 1. The van der Waals surface area contributed by atoms with E-state index >= 15 is 0 Å². The summed E-state index contributed by atoms with van der Waals surface area (Å²) >= 11 is 5.87. The maximum Gasteiger partial charge on any atom is 0.344 e. The van der Waals surface area contributed by atoms with Gasteiger partial charge in [-0.25, -0.2) is 4.79 Å². The van der Waals surface area contributed by atoms with Gasteiger partial charge in [-0.1, -0.05) is 36.7 Å². The molecule has 1 atom stereocenters. The number of benzene rings is 1. The number of amides is 1. The molecule has 7 heteroatoms. The van der Waals surface area contributed by atoms with E-state index in [0.29, 0.717) is 22.2 Å². The number of ether oxygens (including phenoxy) is 1. The summed E-state index contributed by atoms with van der Waals surface area (Å²) in [6.07, 6.45) is -0.981. The Morgan fingerprint density at radius 1 is 1.29 bits per heavy atom. The molecule has 1 N–H and O–H groups in total.